The van der Waals surface area contributed by atoms with Crippen LogP contribution in [0.1, 0.15) is 26.2 Å². The molecule has 1 fully saturated rings. The van der Waals surface area contributed by atoms with Gasteiger partial charge in [-0.2, -0.15) is 0 Å². The second-order valence-corrected chi connectivity index (χ2v) is 3.25. The number of nitrogens with one attached hydrogen (secondary N) is 1. The molecule has 1 aliphatic heterocycles. The van der Waals surface area contributed by atoms with Gasteiger partial charge in [0.05, 0.1) is 0 Å². The van der Waals surface area contributed by atoms with E-state index in [9.17, 15) is 4.79 Å². The molecule has 1 atom stereocenters. The lowest BCUT2D eigenvalue weighted by Gasteiger charge is -2.13. The highest BCUT2D eigenvalue weighted by Gasteiger charge is 2.12. The molecule has 1 unspecified atom stereocenters. The van der Waals surface area contributed by atoms with Crippen molar-refractivity contribution in [3.8, 4) is 0 Å². The van der Waals surface area contributed by atoms with Gasteiger partial charge in [0, 0.05) is 19.3 Å². The van der Waals surface area contributed by atoms with Gasteiger partial charge in [0.2, 0.25) is 5.91 Å². The number of carbonyl (C=O) groups excluding carboxylic acids is 1. The summed E-state index contributed by atoms with van der Waals surface area (Å²) in [5.74, 6) is 0.00870. The van der Waals surface area contributed by atoms with Gasteiger partial charge in [-0.15, -0.1) is 0 Å². The van der Waals surface area contributed by atoms with E-state index >= 15 is 0 Å². The molecule has 0 aromatic rings. The van der Waals surface area contributed by atoms with E-state index in [1.165, 1.54) is 0 Å². The third-order valence-corrected chi connectivity index (χ3v) is 2.12. The van der Waals surface area contributed by atoms with E-state index in [1.54, 1.807) is 12.2 Å². The van der Waals surface area contributed by atoms with Crippen molar-refractivity contribution >= 4 is 5.91 Å². The van der Waals surface area contributed by atoms with Crippen LogP contribution in [0, 0.1) is 0 Å². The van der Waals surface area contributed by atoms with E-state index < -0.39 is 0 Å². The summed E-state index contributed by atoms with van der Waals surface area (Å²) in [4.78, 5) is 11.2. The third kappa shape index (κ3) is 4.08. The van der Waals surface area contributed by atoms with E-state index in [1.807, 2.05) is 6.92 Å². The standard InChI is InChI=1S/C10H17NO2/c1-2-4-10(12)11-9-5-3-7-13-8-6-9/h2,4,9H,3,5-8H2,1H3,(H,11,12)/b4-2+. The van der Waals surface area contributed by atoms with Crippen molar-refractivity contribution in [1.82, 2.24) is 5.32 Å². The molecule has 1 amide bonds. The van der Waals surface area contributed by atoms with Gasteiger partial charge in [0.15, 0.2) is 0 Å². The van der Waals surface area contributed by atoms with Crippen LogP contribution >= 0.6 is 0 Å². The van der Waals surface area contributed by atoms with Gasteiger partial charge < -0.3 is 10.1 Å². The highest BCUT2D eigenvalue weighted by Crippen LogP contribution is 2.07. The molecule has 13 heavy (non-hydrogen) atoms. The lowest BCUT2D eigenvalue weighted by Crippen LogP contribution is -2.33. The molecular weight excluding hydrogens is 166 g/mol. The Morgan fingerprint density at radius 2 is 2.31 bits per heavy atom. The Hall–Kier alpha value is -0.830. The highest BCUT2D eigenvalue weighted by molar-refractivity contribution is 5.87. The zero-order valence-electron chi connectivity index (χ0n) is 8.08. The highest BCUT2D eigenvalue weighted by atomic mass is 16.5. The fourth-order valence-electron chi connectivity index (χ4n) is 1.45. The summed E-state index contributed by atoms with van der Waals surface area (Å²) < 4.78 is 5.30. The van der Waals surface area contributed by atoms with Gasteiger partial charge >= 0.3 is 0 Å². The van der Waals surface area contributed by atoms with Crippen molar-refractivity contribution in [2.75, 3.05) is 13.2 Å². The van der Waals surface area contributed by atoms with Crippen LogP contribution in [0.15, 0.2) is 12.2 Å². The molecule has 1 aliphatic rings. The summed E-state index contributed by atoms with van der Waals surface area (Å²) in [5.41, 5.74) is 0. The van der Waals surface area contributed by atoms with Gasteiger partial charge in [-0.1, -0.05) is 6.08 Å². The number of carbonyl (C=O) groups is 1. The second-order valence-electron chi connectivity index (χ2n) is 3.25. The lowest BCUT2D eigenvalue weighted by molar-refractivity contribution is -0.117. The molecule has 3 heteroatoms. The quantitative estimate of drug-likeness (QED) is 0.654. The molecule has 0 aromatic carbocycles. The van der Waals surface area contributed by atoms with E-state index in [2.05, 4.69) is 5.32 Å². The molecule has 0 bridgehead atoms. The Morgan fingerprint density at radius 3 is 3.08 bits per heavy atom. The molecule has 0 aromatic heterocycles. The average molecular weight is 183 g/mol. The Balaban J connectivity index is 2.29. The molecule has 74 valence electrons. The van der Waals surface area contributed by atoms with Gasteiger partial charge in [-0.25, -0.2) is 0 Å². The van der Waals surface area contributed by atoms with Crippen LogP contribution < -0.4 is 5.32 Å². The molecule has 0 saturated carbocycles. The molecule has 3 nitrogen and oxygen atoms in total. The Morgan fingerprint density at radius 1 is 1.46 bits per heavy atom. The van der Waals surface area contributed by atoms with E-state index in [4.69, 9.17) is 4.74 Å². The topological polar surface area (TPSA) is 38.3 Å². The molecule has 1 N–H and O–H groups in total. The summed E-state index contributed by atoms with van der Waals surface area (Å²) in [6, 6.07) is 0.297. The fourth-order valence-corrected chi connectivity index (χ4v) is 1.45. The molecular formula is C10H17NO2. The van der Waals surface area contributed by atoms with Gasteiger partial charge in [0.25, 0.3) is 0 Å². The van der Waals surface area contributed by atoms with E-state index in [0.717, 1.165) is 32.5 Å². The minimum Gasteiger partial charge on any atom is -0.381 e. The van der Waals surface area contributed by atoms with Crippen molar-refractivity contribution in [3.05, 3.63) is 12.2 Å². The van der Waals surface area contributed by atoms with Crippen LogP contribution in [-0.4, -0.2) is 25.2 Å². The van der Waals surface area contributed by atoms with Crippen LogP contribution in [0.2, 0.25) is 0 Å². The number of allylic oxidation sites excluding steroid dienone is 1. The fraction of sp³-hybridized carbons (Fsp3) is 0.700. The minimum atomic E-state index is 0.00870. The molecule has 0 radical (unpaired) electrons. The Kier molecular flexibility index (Phi) is 4.54. The minimum absolute atomic E-state index is 0.00870. The predicted molar refractivity (Wildman–Crippen MR) is 51.4 cm³/mol. The summed E-state index contributed by atoms with van der Waals surface area (Å²) in [5, 5.41) is 2.95. The van der Waals surface area contributed by atoms with E-state index in [0.29, 0.717) is 6.04 Å². The van der Waals surface area contributed by atoms with Crippen LogP contribution in [0.25, 0.3) is 0 Å². The molecule has 1 saturated heterocycles. The monoisotopic (exact) mass is 183 g/mol. The number of hydrogen-bond acceptors (Lipinski definition) is 2. The van der Waals surface area contributed by atoms with E-state index in [-0.39, 0.29) is 5.91 Å². The maximum absolute atomic E-state index is 11.2. The maximum Gasteiger partial charge on any atom is 0.243 e. The van der Waals surface area contributed by atoms with Crippen molar-refractivity contribution in [3.63, 3.8) is 0 Å². The normalized spacial score (nSPS) is 24.2. The number of rotatable bonds is 2. The number of amides is 1. The first-order chi connectivity index (χ1) is 6.33. The Bertz CT molecular complexity index is 181. The maximum atomic E-state index is 11.2. The smallest absolute Gasteiger partial charge is 0.243 e. The SMILES string of the molecule is C/C=C/C(=O)NC1CCCOCC1. The lowest BCUT2D eigenvalue weighted by atomic mass is 10.1. The van der Waals surface area contributed by atoms with Gasteiger partial charge in [-0.3, -0.25) is 4.79 Å². The largest absolute Gasteiger partial charge is 0.381 e. The van der Waals surface area contributed by atoms with Crippen molar-refractivity contribution in [2.45, 2.75) is 32.2 Å². The summed E-state index contributed by atoms with van der Waals surface area (Å²) in [6.45, 7) is 3.44. The zero-order chi connectivity index (χ0) is 9.52. The van der Waals surface area contributed by atoms with Crippen molar-refractivity contribution < 1.29 is 9.53 Å². The Labute approximate surface area is 79.2 Å². The number of ether oxygens (including phenoxy) is 1. The molecule has 1 rings (SSSR count). The molecule has 0 spiro atoms. The predicted octanol–water partition coefficient (Wildman–Crippen LogP) is 1.25. The second kappa shape index (κ2) is 5.75. The summed E-state index contributed by atoms with van der Waals surface area (Å²) in [7, 11) is 0. The van der Waals surface area contributed by atoms with Crippen LogP contribution in [-0.2, 0) is 9.53 Å². The summed E-state index contributed by atoms with van der Waals surface area (Å²) >= 11 is 0. The van der Waals surface area contributed by atoms with Crippen molar-refractivity contribution in [1.29, 1.82) is 0 Å². The third-order valence-electron chi connectivity index (χ3n) is 2.12. The van der Waals surface area contributed by atoms with Gasteiger partial charge in [0.1, 0.15) is 0 Å². The van der Waals surface area contributed by atoms with Crippen LogP contribution in [0.4, 0.5) is 0 Å². The van der Waals surface area contributed by atoms with Crippen LogP contribution in [0.3, 0.4) is 0 Å². The summed E-state index contributed by atoms with van der Waals surface area (Å²) in [6.07, 6.45) is 6.32. The number of hydrogen-bond donors (Lipinski definition) is 1. The first kappa shape index (κ1) is 10.3. The van der Waals surface area contributed by atoms with Crippen LogP contribution in [0.5, 0.6) is 0 Å². The van der Waals surface area contributed by atoms with Gasteiger partial charge in [-0.05, 0) is 32.3 Å². The average Bonchev–Trinajstić information content (AvgIpc) is 2.33. The molecule has 1 heterocycles. The zero-order valence-corrected chi connectivity index (χ0v) is 8.08. The molecule has 0 aliphatic carbocycles. The van der Waals surface area contributed by atoms with Crippen molar-refractivity contribution in [2.24, 2.45) is 0 Å². The first-order valence-corrected chi connectivity index (χ1v) is 4.84. The first-order valence-electron chi connectivity index (χ1n) is 4.84.